The van der Waals surface area contributed by atoms with Crippen molar-refractivity contribution in [3.05, 3.63) is 53.0 Å². The molecule has 1 aliphatic heterocycles. The quantitative estimate of drug-likeness (QED) is 0.762. The van der Waals surface area contributed by atoms with E-state index in [2.05, 4.69) is 39.0 Å². The first kappa shape index (κ1) is 14.9. The maximum Gasteiger partial charge on any atom is 0.128 e. The van der Waals surface area contributed by atoms with Gasteiger partial charge >= 0.3 is 0 Å². The number of hydrogen-bond donors (Lipinski definition) is 0. The van der Waals surface area contributed by atoms with Gasteiger partial charge in [0.05, 0.1) is 12.5 Å². The van der Waals surface area contributed by atoms with Crippen molar-refractivity contribution in [1.29, 1.82) is 5.26 Å². The van der Waals surface area contributed by atoms with Crippen molar-refractivity contribution in [3.63, 3.8) is 0 Å². The predicted molar refractivity (Wildman–Crippen MR) is 91.3 cm³/mol. The average Bonchev–Trinajstić information content (AvgIpc) is 2.97. The van der Waals surface area contributed by atoms with Crippen LogP contribution in [0.25, 0.3) is 0 Å². The molecule has 1 aliphatic rings. The number of nitrogens with zero attached hydrogens (tertiary/aromatic N) is 2. The normalized spacial score (nSPS) is 17.3. The number of benzene rings is 2. The molecule has 4 heteroatoms. The van der Waals surface area contributed by atoms with E-state index >= 15 is 0 Å². The lowest BCUT2D eigenvalue weighted by atomic mass is 10.1. The van der Waals surface area contributed by atoms with E-state index in [1.165, 1.54) is 5.69 Å². The van der Waals surface area contributed by atoms with E-state index in [1.807, 2.05) is 36.4 Å². The number of halogens is 1. The van der Waals surface area contributed by atoms with Crippen LogP contribution in [0.15, 0.2) is 53.0 Å². The summed E-state index contributed by atoms with van der Waals surface area (Å²) in [6.45, 7) is 1.03. The molecule has 1 saturated heterocycles. The topological polar surface area (TPSA) is 36.3 Å². The fourth-order valence-electron chi connectivity index (χ4n) is 2.87. The van der Waals surface area contributed by atoms with Crippen molar-refractivity contribution >= 4 is 21.6 Å². The molecular formula is C18H17BrN2O. The molecule has 0 spiro atoms. The molecule has 1 heterocycles. The second-order valence-corrected chi connectivity index (χ2v) is 6.32. The van der Waals surface area contributed by atoms with Crippen molar-refractivity contribution in [2.45, 2.75) is 25.3 Å². The van der Waals surface area contributed by atoms with Crippen LogP contribution in [0.1, 0.15) is 19.3 Å². The Morgan fingerprint density at radius 2 is 2.00 bits per heavy atom. The molecule has 1 atom stereocenters. The number of hydrogen-bond acceptors (Lipinski definition) is 3. The van der Waals surface area contributed by atoms with Crippen LogP contribution in [0.3, 0.4) is 0 Å². The summed E-state index contributed by atoms with van der Waals surface area (Å²) in [5.74, 6) is 1.63. The summed E-state index contributed by atoms with van der Waals surface area (Å²) < 4.78 is 6.85. The zero-order valence-corrected chi connectivity index (χ0v) is 13.8. The standard InChI is InChI=1S/C18H17BrN2O/c19-14-3-1-5-18(13-14)22-17-8-6-16(7-9-17)21-12-2-4-15(21)10-11-20/h1,3,5-9,13,15H,2,4,10,12H2. The van der Waals surface area contributed by atoms with E-state index in [1.54, 1.807) is 0 Å². The average molecular weight is 357 g/mol. The third-order valence-electron chi connectivity index (χ3n) is 3.90. The number of anilines is 1. The highest BCUT2D eigenvalue weighted by atomic mass is 79.9. The van der Waals surface area contributed by atoms with Crippen LogP contribution in [0, 0.1) is 11.3 Å². The maximum atomic E-state index is 8.92. The largest absolute Gasteiger partial charge is 0.457 e. The van der Waals surface area contributed by atoms with Crippen LogP contribution < -0.4 is 9.64 Å². The first-order chi connectivity index (χ1) is 10.8. The second kappa shape index (κ2) is 6.85. The molecule has 2 aromatic rings. The van der Waals surface area contributed by atoms with Crippen LogP contribution in [-0.2, 0) is 0 Å². The third-order valence-corrected chi connectivity index (χ3v) is 4.40. The minimum Gasteiger partial charge on any atom is -0.457 e. The van der Waals surface area contributed by atoms with Gasteiger partial charge in [-0.1, -0.05) is 22.0 Å². The van der Waals surface area contributed by atoms with Crippen LogP contribution in [0.5, 0.6) is 11.5 Å². The maximum absolute atomic E-state index is 8.92. The van der Waals surface area contributed by atoms with Gasteiger partial charge in [0.25, 0.3) is 0 Å². The highest BCUT2D eigenvalue weighted by molar-refractivity contribution is 9.10. The van der Waals surface area contributed by atoms with Crippen molar-refractivity contribution in [2.75, 3.05) is 11.4 Å². The summed E-state index contributed by atoms with van der Waals surface area (Å²) in [4.78, 5) is 2.33. The highest BCUT2D eigenvalue weighted by Crippen LogP contribution is 2.30. The minimum absolute atomic E-state index is 0.349. The summed E-state index contributed by atoms with van der Waals surface area (Å²) in [6, 6.07) is 18.5. The Hall–Kier alpha value is -1.99. The first-order valence-electron chi connectivity index (χ1n) is 7.43. The van der Waals surface area contributed by atoms with Crippen molar-refractivity contribution in [1.82, 2.24) is 0 Å². The smallest absolute Gasteiger partial charge is 0.128 e. The molecule has 0 aliphatic carbocycles. The Labute approximate surface area is 139 Å². The second-order valence-electron chi connectivity index (χ2n) is 5.41. The zero-order chi connectivity index (χ0) is 15.4. The van der Waals surface area contributed by atoms with E-state index in [-0.39, 0.29) is 0 Å². The lowest BCUT2D eigenvalue weighted by Crippen LogP contribution is -2.28. The van der Waals surface area contributed by atoms with E-state index in [0.717, 1.165) is 35.4 Å². The Morgan fingerprint density at radius 3 is 2.73 bits per heavy atom. The molecule has 22 heavy (non-hydrogen) atoms. The monoisotopic (exact) mass is 356 g/mol. The molecule has 2 aromatic carbocycles. The van der Waals surface area contributed by atoms with Gasteiger partial charge in [-0.05, 0) is 55.3 Å². The van der Waals surface area contributed by atoms with Crippen LogP contribution in [0.2, 0.25) is 0 Å². The minimum atomic E-state index is 0.349. The van der Waals surface area contributed by atoms with Gasteiger partial charge in [-0.25, -0.2) is 0 Å². The fourth-order valence-corrected chi connectivity index (χ4v) is 3.24. The Morgan fingerprint density at radius 1 is 1.18 bits per heavy atom. The van der Waals surface area contributed by atoms with Gasteiger partial charge < -0.3 is 9.64 Å². The van der Waals surface area contributed by atoms with E-state index < -0.39 is 0 Å². The number of nitriles is 1. The molecule has 0 radical (unpaired) electrons. The molecule has 0 N–H and O–H groups in total. The van der Waals surface area contributed by atoms with Crippen LogP contribution >= 0.6 is 15.9 Å². The van der Waals surface area contributed by atoms with Crippen LogP contribution in [0.4, 0.5) is 5.69 Å². The van der Waals surface area contributed by atoms with Crippen molar-refractivity contribution in [2.24, 2.45) is 0 Å². The predicted octanol–water partition coefficient (Wildman–Crippen LogP) is 5.12. The van der Waals surface area contributed by atoms with Crippen LogP contribution in [-0.4, -0.2) is 12.6 Å². The molecule has 0 aromatic heterocycles. The van der Waals surface area contributed by atoms with Gasteiger partial charge in [-0.3, -0.25) is 0 Å². The summed E-state index contributed by atoms with van der Waals surface area (Å²) >= 11 is 3.44. The number of ether oxygens (including phenoxy) is 1. The van der Waals surface area contributed by atoms with Gasteiger partial charge in [0.15, 0.2) is 0 Å². The van der Waals surface area contributed by atoms with Crippen molar-refractivity contribution in [3.8, 4) is 17.6 Å². The molecular weight excluding hydrogens is 340 g/mol. The van der Waals surface area contributed by atoms with Gasteiger partial charge in [-0.15, -0.1) is 0 Å². The summed E-state index contributed by atoms with van der Waals surface area (Å²) in [7, 11) is 0. The highest BCUT2D eigenvalue weighted by Gasteiger charge is 2.24. The Kier molecular flexibility index (Phi) is 4.65. The summed E-state index contributed by atoms with van der Waals surface area (Å²) in [6.07, 6.45) is 2.85. The molecule has 0 amide bonds. The van der Waals surface area contributed by atoms with Gasteiger partial charge in [0.2, 0.25) is 0 Å². The zero-order valence-electron chi connectivity index (χ0n) is 12.2. The lowest BCUT2D eigenvalue weighted by Gasteiger charge is -2.25. The molecule has 0 bridgehead atoms. The van der Waals surface area contributed by atoms with E-state index in [0.29, 0.717) is 12.5 Å². The molecule has 112 valence electrons. The molecule has 3 nitrogen and oxygen atoms in total. The molecule has 0 saturated carbocycles. The SMILES string of the molecule is N#CCC1CCCN1c1ccc(Oc2cccc(Br)c2)cc1. The molecule has 1 fully saturated rings. The Bertz CT molecular complexity index is 678. The van der Waals surface area contributed by atoms with Gasteiger partial charge in [0.1, 0.15) is 11.5 Å². The fraction of sp³-hybridized carbons (Fsp3) is 0.278. The van der Waals surface area contributed by atoms with Crippen molar-refractivity contribution < 1.29 is 4.74 Å². The lowest BCUT2D eigenvalue weighted by molar-refractivity contribution is 0.482. The van der Waals surface area contributed by atoms with Gasteiger partial charge in [-0.2, -0.15) is 5.26 Å². The molecule has 1 unspecified atom stereocenters. The number of rotatable bonds is 4. The third kappa shape index (κ3) is 3.42. The summed E-state index contributed by atoms with van der Waals surface area (Å²) in [5, 5.41) is 8.92. The molecule has 3 rings (SSSR count). The summed E-state index contributed by atoms with van der Waals surface area (Å²) in [5.41, 5.74) is 1.17. The van der Waals surface area contributed by atoms with E-state index in [4.69, 9.17) is 10.00 Å². The Balaban J connectivity index is 1.71. The van der Waals surface area contributed by atoms with Gasteiger partial charge in [0, 0.05) is 22.7 Å². The van der Waals surface area contributed by atoms with E-state index in [9.17, 15) is 0 Å². The first-order valence-corrected chi connectivity index (χ1v) is 8.22.